The number of carbonyl (C=O) groups is 1. The van der Waals surface area contributed by atoms with Crippen LogP contribution in [0.15, 0.2) is 12.2 Å². The predicted octanol–water partition coefficient (Wildman–Crippen LogP) is 5.47. The molecule has 0 spiro atoms. The summed E-state index contributed by atoms with van der Waals surface area (Å²) in [6.07, 6.45) is 18.7. The Balaban J connectivity index is 3.62. The lowest BCUT2D eigenvalue weighted by Gasteiger charge is -2.08. The van der Waals surface area contributed by atoms with Crippen LogP contribution in [0.2, 0.25) is 0 Å². The lowest BCUT2D eigenvalue weighted by Crippen LogP contribution is -2.53. The Kier molecular flexibility index (Phi) is 16.1. The van der Waals surface area contributed by atoms with Crippen LogP contribution in [-0.4, -0.2) is 26.8 Å². The lowest BCUT2D eigenvalue weighted by molar-refractivity contribution is -0.970. The van der Waals surface area contributed by atoms with Crippen molar-refractivity contribution >= 4 is 6.29 Å². The van der Waals surface area contributed by atoms with E-state index in [1.54, 1.807) is 0 Å². The quantitative estimate of drug-likeness (QED) is 0.0587. The summed E-state index contributed by atoms with van der Waals surface area (Å²) in [6, 6.07) is 0. The van der Waals surface area contributed by atoms with Crippen molar-refractivity contribution < 1.29 is 19.6 Å². The zero-order valence-electron chi connectivity index (χ0n) is 17.7. The molecule has 30 heavy (non-hydrogen) atoms. The summed E-state index contributed by atoms with van der Waals surface area (Å²) in [7, 11) is 0. The highest BCUT2D eigenvalue weighted by Gasteiger charge is 2.69. The molecular formula is C20H35N3O7. The SMILES string of the molecule is O=CCCCCCCC/C=C\CCCCCCCCCC([N+](=O)[O-])([N+](=O)[O-])[N+](=O)[O-]. The molecule has 0 aliphatic carbocycles. The molecule has 0 amide bonds. The molecule has 10 heteroatoms. The second-order valence-corrected chi connectivity index (χ2v) is 7.54. The van der Waals surface area contributed by atoms with Gasteiger partial charge in [0, 0.05) is 6.42 Å². The van der Waals surface area contributed by atoms with E-state index in [-0.39, 0.29) is 6.42 Å². The summed E-state index contributed by atoms with van der Waals surface area (Å²) in [5.41, 5.74) is 0. The number of unbranched alkanes of at least 4 members (excludes halogenated alkanes) is 13. The number of hydrogen-bond acceptors (Lipinski definition) is 7. The third-order valence-electron chi connectivity index (χ3n) is 5.12. The second kappa shape index (κ2) is 17.5. The highest BCUT2D eigenvalue weighted by molar-refractivity contribution is 5.48. The molecule has 0 aromatic heterocycles. The van der Waals surface area contributed by atoms with Crippen LogP contribution in [-0.2, 0) is 4.79 Å². The van der Waals surface area contributed by atoms with Gasteiger partial charge in [-0.05, 0) is 38.5 Å². The lowest BCUT2D eigenvalue weighted by atomic mass is 10.0. The molecule has 172 valence electrons. The first kappa shape index (κ1) is 27.6. The zero-order chi connectivity index (χ0) is 22.7. The number of hydrogen-bond donors (Lipinski definition) is 0. The number of rotatable bonds is 21. The molecule has 0 saturated carbocycles. The van der Waals surface area contributed by atoms with E-state index in [1.807, 2.05) is 0 Å². The van der Waals surface area contributed by atoms with Crippen molar-refractivity contribution in [2.75, 3.05) is 0 Å². The maximum absolute atomic E-state index is 10.8. The molecule has 0 fully saturated rings. The van der Waals surface area contributed by atoms with Gasteiger partial charge in [0.2, 0.25) is 0 Å². The number of aldehydes is 1. The van der Waals surface area contributed by atoms with E-state index in [2.05, 4.69) is 12.2 Å². The molecule has 0 saturated heterocycles. The first-order valence-electron chi connectivity index (χ1n) is 10.9. The fourth-order valence-electron chi connectivity index (χ4n) is 3.24. The first-order valence-corrected chi connectivity index (χ1v) is 10.9. The number of nitrogens with zero attached hydrogens (tertiary/aromatic N) is 3. The summed E-state index contributed by atoms with van der Waals surface area (Å²) in [5.74, 6) is -3.32. The third kappa shape index (κ3) is 11.6. The molecule has 0 unspecified atom stereocenters. The van der Waals surface area contributed by atoms with Gasteiger partial charge in [0.05, 0.1) is 0 Å². The van der Waals surface area contributed by atoms with Gasteiger partial charge in [0.15, 0.2) is 21.2 Å². The number of carbonyl (C=O) groups excluding carboxylic acids is 1. The van der Waals surface area contributed by atoms with Gasteiger partial charge >= 0.3 is 5.79 Å². The monoisotopic (exact) mass is 429 g/mol. The minimum absolute atomic E-state index is 0.0861. The van der Waals surface area contributed by atoms with E-state index >= 15 is 0 Å². The van der Waals surface area contributed by atoms with Crippen LogP contribution in [0.3, 0.4) is 0 Å². The Labute approximate surface area is 177 Å². The van der Waals surface area contributed by atoms with Crippen LogP contribution in [0.1, 0.15) is 103 Å². The van der Waals surface area contributed by atoms with E-state index in [0.717, 1.165) is 64.1 Å². The van der Waals surface area contributed by atoms with Gasteiger partial charge in [-0.15, -0.1) is 0 Å². The molecule has 0 heterocycles. The van der Waals surface area contributed by atoms with Crippen LogP contribution in [0.25, 0.3) is 0 Å². The summed E-state index contributed by atoms with van der Waals surface area (Å²) in [4.78, 5) is 38.4. The molecule has 0 bridgehead atoms. The number of nitro groups is 3. The predicted molar refractivity (Wildman–Crippen MR) is 113 cm³/mol. The van der Waals surface area contributed by atoms with Crippen LogP contribution in [0.5, 0.6) is 0 Å². The average Bonchev–Trinajstić information content (AvgIpc) is 2.69. The van der Waals surface area contributed by atoms with Gasteiger partial charge in [-0.2, -0.15) is 0 Å². The molecule has 0 N–H and O–H groups in total. The minimum Gasteiger partial charge on any atom is -0.303 e. The van der Waals surface area contributed by atoms with Crippen molar-refractivity contribution in [1.82, 2.24) is 0 Å². The molecule has 0 radical (unpaired) electrons. The fourth-order valence-corrected chi connectivity index (χ4v) is 3.24. The summed E-state index contributed by atoms with van der Waals surface area (Å²) >= 11 is 0. The second-order valence-electron chi connectivity index (χ2n) is 7.54. The Bertz CT molecular complexity index is 516. The molecule has 0 atom stereocenters. The largest absolute Gasteiger partial charge is 0.699 e. The van der Waals surface area contributed by atoms with Crippen molar-refractivity contribution in [1.29, 1.82) is 0 Å². The average molecular weight is 430 g/mol. The Morgan fingerprint density at radius 3 is 1.23 bits per heavy atom. The topological polar surface area (TPSA) is 146 Å². The van der Waals surface area contributed by atoms with Crippen LogP contribution in [0.4, 0.5) is 0 Å². The smallest absolute Gasteiger partial charge is 0.303 e. The standard InChI is InChI=1S/C20H35N3O7/c24-19-17-15-13-11-9-7-5-3-1-2-4-6-8-10-12-14-16-18-20(21(25)26,22(27)28)23(29)30/h1,3,19H,2,4-18H2/b3-1-. The highest BCUT2D eigenvalue weighted by atomic mass is 16.7. The van der Waals surface area contributed by atoms with Gasteiger partial charge in [-0.3, -0.25) is 30.3 Å². The molecule has 0 aliphatic heterocycles. The van der Waals surface area contributed by atoms with Crippen molar-refractivity contribution in [2.24, 2.45) is 0 Å². The Hall–Kier alpha value is -2.39. The maximum Gasteiger partial charge on any atom is 0.699 e. The van der Waals surface area contributed by atoms with E-state index in [1.165, 1.54) is 19.3 Å². The van der Waals surface area contributed by atoms with Gasteiger partial charge in [0.25, 0.3) is 0 Å². The summed E-state index contributed by atoms with van der Waals surface area (Å²) in [6.45, 7) is 0. The zero-order valence-corrected chi connectivity index (χ0v) is 17.7. The Morgan fingerprint density at radius 2 is 0.867 bits per heavy atom. The van der Waals surface area contributed by atoms with E-state index < -0.39 is 27.0 Å². The Morgan fingerprint density at radius 1 is 0.533 bits per heavy atom. The first-order chi connectivity index (χ1) is 14.4. The van der Waals surface area contributed by atoms with Crippen molar-refractivity contribution in [3.8, 4) is 0 Å². The van der Waals surface area contributed by atoms with Gasteiger partial charge in [-0.1, -0.05) is 63.5 Å². The van der Waals surface area contributed by atoms with Crippen molar-refractivity contribution in [3.05, 3.63) is 42.5 Å². The molecule has 0 aromatic carbocycles. The molecule has 0 aliphatic rings. The van der Waals surface area contributed by atoms with Crippen molar-refractivity contribution in [2.45, 2.75) is 109 Å². The molecular weight excluding hydrogens is 394 g/mol. The molecule has 10 nitrogen and oxygen atoms in total. The van der Waals surface area contributed by atoms with Gasteiger partial charge < -0.3 is 4.79 Å². The normalized spacial score (nSPS) is 11.6. The number of allylic oxidation sites excluding steroid dienone is 2. The van der Waals surface area contributed by atoms with Crippen LogP contribution < -0.4 is 0 Å². The molecule has 0 rings (SSSR count). The third-order valence-corrected chi connectivity index (χ3v) is 5.12. The van der Waals surface area contributed by atoms with Crippen LogP contribution >= 0.6 is 0 Å². The van der Waals surface area contributed by atoms with E-state index in [0.29, 0.717) is 12.8 Å². The van der Waals surface area contributed by atoms with Gasteiger partial charge in [0.1, 0.15) is 6.29 Å². The molecule has 0 aromatic rings. The van der Waals surface area contributed by atoms with E-state index in [4.69, 9.17) is 0 Å². The maximum atomic E-state index is 10.8. The fraction of sp³-hybridized carbons (Fsp3) is 0.850. The van der Waals surface area contributed by atoms with Crippen LogP contribution in [0, 0.1) is 30.3 Å². The minimum atomic E-state index is -3.32. The highest BCUT2D eigenvalue weighted by Crippen LogP contribution is 2.21. The summed E-state index contributed by atoms with van der Waals surface area (Å²) in [5, 5.41) is 32.5. The summed E-state index contributed by atoms with van der Waals surface area (Å²) < 4.78 is 0. The van der Waals surface area contributed by atoms with Crippen molar-refractivity contribution in [3.63, 3.8) is 0 Å². The van der Waals surface area contributed by atoms with Gasteiger partial charge in [-0.25, -0.2) is 0 Å². The van der Waals surface area contributed by atoms with E-state index in [9.17, 15) is 35.1 Å².